The summed E-state index contributed by atoms with van der Waals surface area (Å²) >= 11 is 0. The predicted molar refractivity (Wildman–Crippen MR) is 53.3 cm³/mol. The molecule has 0 unspecified atom stereocenters. The van der Waals surface area contributed by atoms with Crippen LogP contribution < -0.4 is 0 Å². The van der Waals surface area contributed by atoms with Crippen molar-refractivity contribution in [2.45, 2.75) is 18.8 Å². The number of benzene rings is 1. The number of aromatic nitrogens is 3. The first-order valence-corrected chi connectivity index (χ1v) is 4.88. The number of hydrogen-bond donors (Lipinski definition) is 0. The van der Waals surface area contributed by atoms with E-state index in [1.54, 1.807) is 17.3 Å². The average Bonchev–Trinajstić information content (AvgIpc) is 2.94. The van der Waals surface area contributed by atoms with Crippen LogP contribution in [-0.4, -0.2) is 14.8 Å². The highest BCUT2D eigenvalue weighted by Gasteiger charge is 2.22. The van der Waals surface area contributed by atoms with Gasteiger partial charge in [-0.1, -0.05) is 12.1 Å². The second-order valence-electron chi connectivity index (χ2n) is 3.71. The van der Waals surface area contributed by atoms with Crippen molar-refractivity contribution in [3.05, 3.63) is 42.5 Å². The van der Waals surface area contributed by atoms with Gasteiger partial charge >= 0.3 is 0 Å². The minimum absolute atomic E-state index is 0.819. The van der Waals surface area contributed by atoms with E-state index in [1.165, 1.54) is 18.4 Å². The van der Waals surface area contributed by atoms with Gasteiger partial charge in [0.2, 0.25) is 0 Å². The van der Waals surface area contributed by atoms with E-state index in [2.05, 4.69) is 34.3 Å². The summed E-state index contributed by atoms with van der Waals surface area (Å²) < 4.78 is 1.77. The standard InChI is InChI=1S/C11H11N3/c1-2-9(1)10-3-5-11(6-4-10)14-8-12-7-13-14/h3-9H,1-2H2. The molecule has 0 saturated heterocycles. The number of rotatable bonds is 2. The van der Waals surface area contributed by atoms with Crippen LogP contribution in [0, 0.1) is 0 Å². The van der Waals surface area contributed by atoms with E-state index >= 15 is 0 Å². The highest BCUT2D eigenvalue weighted by molar-refractivity contribution is 5.35. The van der Waals surface area contributed by atoms with Gasteiger partial charge in [-0.2, -0.15) is 5.10 Å². The topological polar surface area (TPSA) is 30.7 Å². The maximum Gasteiger partial charge on any atom is 0.138 e. The first-order valence-electron chi connectivity index (χ1n) is 4.88. The summed E-state index contributed by atoms with van der Waals surface area (Å²) in [6.07, 6.45) is 5.96. The Balaban J connectivity index is 1.93. The van der Waals surface area contributed by atoms with Crippen molar-refractivity contribution in [1.29, 1.82) is 0 Å². The van der Waals surface area contributed by atoms with Crippen molar-refractivity contribution in [2.24, 2.45) is 0 Å². The van der Waals surface area contributed by atoms with E-state index in [-0.39, 0.29) is 0 Å². The van der Waals surface area contributed by atoms with Crippen molar-refractivity contribution >= 4 is 0 Å². The van der Waals surface area contributed by atoms with Gasteiger partial charge in [-0.25, -0.2) is 9.67 Å². The monoisotopic (exact) mass is 185 g/mol. The summed E-state index contributed by atoms with van der Waals surface area (Å²) in [5, 5.41) is 4.08. The summed E-state index contributed by atoms with van der Waals surface area (Å²) in [5.41, 5.74) is 2.53. The van der Waals surface area contributed by atoms with Crippen LogP contribution in [0.5, 0.6) is 0 Å². The third-order valence-electron chi connectivity index (χ3n) is 2.63. The quantitative estimate of drug-likeness (QED) is 0.717. The maximum atomic E-state index is 4.08. The Morgan fingerprint density at radius 2 is 1.93 bits per heavy atom. The zero-order valence-corrected chi connectivity index (χ0v) is 7.80. The molecule has 1 aliphatic carbocycles. The molecule has 1 aromatic carbocycles. The summed E-state index contributed by atoms with van der Waals surface area (Å²) in [7, 11) is 0. The molecule has 0 spiro atoms. The van der Waals surface area contributed by atoms with Crippen LogP contribution in [0.25, 0.3) is 5.69 Å². The average molecular weight is 185 g/mol. The fourth-order valence-electron chi connectivity index (χ4n) is 1.66. The Hall–Kier alpha value is -1.64. The maximum absolute atomic E-state index is 4.08. The summed E-state index contributed by atoms with van der Waals surface area (Å²) in [4.78, 5) is 3.92. The zero-order valence-electron chi connectivity index (χ0n) is 7.80. The van der Waals surface area contributed by atoms with Crippen molar-refractivity contribution in [3.8, 4) is 5.69 Å². The van der Waals surface area contributed by atoms with Crippen molar-refractivity contribution in [2.75, 3.05) is 0 Å². The molecule has 0 amide bonds. The van der Waals surface area contributed by atoms with Gasteiger partial charge in [-0.15, -0.1) is 0 Å². The first-order chi connectivity index (χ1) is 6.93. The molecule has 1 saturated carbocycles. The van der Waals surface area contributed by atoms with Crippen LogP contribution in [0.2, 0.25) is 0 Å². The molecule has 3 nitrogen and oxygen atoms in total. The van der Waals surface area contributed by atoms with Crippen LogP contribution in [-0.2, 0) is 0 Å². The predicted octanol–water partition coefficient (Wildman–Crippen LogP) is 2.14. The summed E-state index contributed by atoms with van der Waals surface area (Å²) in [6, 6.07) is 8.58. The molecule has 14 heavy (non-hydrogen) atoms. The van der Waals surface area contributed by atoms with Crippen LogP contribution in [0.1, 0.15) is 24.3 Å². The Morgan fingerprint density at radius 3 is 2.50 bits per heavy atom. The molecule has 1 aliphatic rings. The van der Waals surface area contributed by atoms with Crippen LogP contribution in [0.15, 0.2) is 36.9 Å². The molecular weight excluding hydrogens is 174 g/mol. The molecule has 70 valence electrons. The van der Waals surface area contributed by atoms with Gasteiger partial charge in [-0.3, -0.25) is 0 Å². The van der Waals surface area contributed by atoms with Gasteiger partial charge in [0.25, 0.3) is 0 Å². The molecule has 1 heterocycles. The van der Waals surface area contributed by atoms with E-state index < -0.39 is 0 Å². The van der Waals surface area contributed by atoms with Crippen LogP contribution >= 0.6 is 0 Å². The second-order valence-corrected chi connectivity index (χ2v) is 3.71. The third-order valence-corrected chi connectivity index (χ3v) is 2.63. The van der Waals surface area contributed by atoms with Crippen molar-refractivity contribution in [3.63, 3.8) is 0 Å². The molecule has 0 atom stereocenters. The van der Waals surface area contributed by atoms with Gasteiger partial charge < -0.3 is 0 Å². The van der Waals surface area contributed by atoms with E-state index in [4.69, 9.17) is 0 Å². The molecule has 0 bridgehead atoms. The summed E-state index contributed by atoms with van der Waals surface area (Å²) in [6.45, 7) is 0. The molecule has 2 aromatic rings. The largest absolute Gasteiger partial charge is 0.223 e. The fraction of sp³-hybridized carbons (Fsp3) is 0.273. The molecule has 3 heteroatoms. The lowest BCUT2D eigenvalue weighted by Crippen LogP contribution is -1.93. The lowest BCUT2D eigenvalue weighted by atomic mass is 10.1. The number of hydrogen-bond acceptors (Lipinski definition) is 2. The Labute approximate surface area is 82.4 Å². The van der Waals surface area contributed by atoms with Gasteiger partial charge in [-0.05, 0) is 36.5 Å². The fourth-order valence-corrected chi connectivity index (χ4v) is 1.66. The Bertz CT molecular complexity index is 412. The zero-order chi connectivity index (χ0) is 9.38. The van der Waals surface area contributed by atoms with E-state index in [0.29, 0.717) is 0 Å². The lowest BCUT2D eigenvalue weighted by molar-refractivity contribution is 0.877. The number of nitrogens with zero attached hydrogens (tertiary/aromatic N) is 3. The molecule has 3 rings (SSSR count). The minimum atomic E-state index is 0.819. The normalized spacial score (nSPS) is 15.7. The van der Waals surface area contributed by atoms with Gasteiger partial charge in [0.05, 0.1) is 5.69 Å². The highest BCUT2D eigenvalue weighted by Crippen LogP contribution is 2.39. The lowest BCUT2D eigenvalue weighted by Gasteiger charge is -2.01. The third kappa shape index (κ3) is 1.31. The molecule has 1 fully saturated rings. The van der Waals surface area contributed by atoms with Gasteiger partial charge in [0, 0.05) is 0 Å². The molecule has 1 aromatic heterocycles. The Kier molecular flexibility index (Phi) is 1.63. The van der Waals surface area contributed by atoms with E-state index in [9.17, 15) is 0 Å². The van der Waals surface area contributed by atoms with Crippen LogP contribution in [0.3, 0.4) is 0 Å². The van der Waals surface area contributed by atoms with E-state index in [1.807, 2.05) is 0 Å². The van der Waals surface area contributed by atoms with Gasteiger partial charge in [0.1, 0.15) is 12.7 Å². The van der Waals surface area contributed by atoms with Gasteiger partial charge in [0.15, 0.2) is 0 Å². The SMILES string of the molecule is c1ncn(-c2ccc(C3CC3)cc2)n1. The van der Waals surface area contributed by atoms with Crippen LogP contribution in [0.4, 0.5) is 0 Å². The smallest absolute Gasteiger partial charge is 0.138 e. The summed E-state index contributed by atoms with van der Waals surface area (Å²) in [5.74, 6) is 0.819. The Morgan fingerprint density at radius 1 is 1.14 bits per heavy atom. The molecule has 0 radical (unpaired) electrons. The minimum Gasteiger partial charge on any atom is -0.223 e. The molecule has 0 aliphatic heterocycles. The second kappa shape index (κ2) is 2.94. The van der Waals surface area contributed by atoms with Crippen molar-refractivity contribution in [1.82, 2.24) is 14.8 Å². The highest BCUT2D eigenvalue weighted by atomic mass is 15.3. The van der Waals surface area contributed by atoms with Crippen molar-refractivity contribution < 1.29 is 0 Å². The molecular formula is C11H11N3. The van der Waals surface area contributed by atoms with E-state index in [0.717, 1.165) is 11.6 Å². The molecule has 0 N–H and O–H groups in total. The first kappa shape index (κ1) is 7.74.